The Labute approximate surface area is 484 Å². The summed E-state index contributed by atoms with van der Waals surface area (Å²) in [5, 5.41) is 13.2. The van der Waals surface area contributed by atoms with Crippen LogP contribution >= 0.6 is 0 Å². The van der Waals surface area contributed by atoms with E-state index in [1.165, 1.54) is 40.8 Å². The lowest BCUT2D eigenvalue weighted by Gasteiger charge is -2.42. The van der Waals surface area contributed by atoms with Crippen molar-refractivity contribution in [2.24, 2.45) is 10.3 Å². The molecule has 0 unspecified atom stereocenters. The molecular formula is C56H64F4N8O17. The van der Waals surface area contributed by atoms with Crippen LogP contribution in [-0.4, -0.2) is 137 Å². The SMILES string of the molecule is CCOC(=O)OCOc1c2n(cc(C(=O)NCc3ccc(F)cc3F)c1=O)[C@@H]1CN(C2=O)[C@@H](C)CC[C@]12CC(C)=NO2.CCOC(=O)OCOc1c2n(cc(C(=O)NCc3ccc(F)cc3F)c1=O)[C@@H]1CN(C2=O)[C@@H](C)CC[C@]12CC(OC)=NO2.[HH].[HH]. The van der Waals surface area contributed by atoms with Gasteiger partial charge in [-0.1, -0.05) is 22.4 Å². The zero-order valence-electron chi connectivity index (χ0n) is 47.0. The second kappa shape index (κ2) is 25.0. The van der Waals surface area contributed by atoms with E-state index in [1.807, 2.05) is 20.8 Å². The fourth-order valence-electron chi connectivity index (χ4n) is 11.2. The van der Waals surface area contributed by atoms with Crippen LogP contribution in [0.3, 0.4) is 0 Å². The number of oxime groups is 2. The summed E-state index contributed by atoms with van der Waals surface area (Å²) in [4.78, 5) is 120. The van der Waals surface area contributed by atoms with E-state index in [2.05, 4.69) is 20.9 Å². The number of ether oxygens (including phenoxy) is 7. The molecule has 4 aromatic rings. The molecular weight excluding hydrogens is 1130 g/mol. The number of carbonyl (C=O) groups is 6. The third-order valence-corrected chi connectivity index (χ3v) is 15.6. The van der Waals surface area contributed by atoms with Crippen molar-refractivity contribution in [3.05, 3.63) is 126 Å². The lowest BCUT2D eigenvalue weighted by Crippen LogP contribution is -2.52. The zero-order valence-corrected chi connectivity index (χ0v) is 47.0. The number of amides is 4. The predicted molar refractivity (Wildman–Crippen MR) is 290 cm³/mol. The summed E-state index contributed by atoms with van der Waals surface area (Å²) in [5.41, 5.74) is -4.15. The van der Waals surface area contributed by atoms with Gasteiger partial charge in [0.1, 0.15) is 34.4 Å². The number of halogens is 4. The van der Waals surface area contributed by atoms with E-state index in [9.17, 15) is 55.9 Å². The van der Waals surface area contributed by atoms with Crippen molar-refractivity contribution in [2.75, 3.05) is 47.0 Å². The Morgan fingerprint density at radius 2 is 1.09 bits per heavy atom. The van der Waals surface area contributed by atoms with Gasteiger partial charge in [0.2, 0.25) is 41.8 Å². The van der Waals surface area contributed by atoms with Gasteiger partial charge in [-0.05, 0) is 72.4 Å². The number of benzene rings is 2. The monoisotopic (exact) mass is 1200 g/mol. The highest BCUT2D eigenvalue weighted by atomic mass is 19.1. The Morgan fingerprint density at radius 1 is 0.659 bits per heavy atom. The van der Waals surface area contributed by atoms with Gasteiger partial charge >= 0.3 is 12.3 Å². The molecule has 25 nitrogen and oxygen atoms in total. The van der Waals surface area contributed by atoms with Crippen LogP contribution in [0.25, 0.3) is 0 Å². The van der Waals surface area contributed by atoms with E-state index in [1.54, 1.807) is 23.6 Å². The van der Waals surface area contributed by atoms with E-state index in [4.69, 9.17) is 42.8 Å². The Hall–Kier alpha value is -9.18. The molecule has 0 aliphatic carbocycles. The van der Waals surface area contributed by atoms with Gasteiger partial charge in [-0.2, -0.15) is 0 Å². The summed E-state index contributed by atoms with van der Waals surface area (Å²) in [6.07, 6.45) is 3.28. The summed E-state index contributed by atoms with van der Waals surface area (Å²) < 4.78 is 93.6. The lowest BCUT2D eigenvalue weighted by molar-refractivity contribution is -0.0660. The molecule has 10 rings (SSSR count). The smallest absolute Gasteiger partial charge is 0.482 e. The lowest BCUT2D eigenvalue weighted by atomic mass is 9.84. The van der Waals surface area contributed by atoms with Crippen molar-refractivity contribution in [1.82, 2.24) is 29.6 Å². The molecule has 2 fully saturated rings. The van der Waals surface area contributed by atoms with Crippen molar-refractivity contribution >= 4 is 47.5 Å². The number of pyridine rings is 2. The molecule has 0 radical (unpaired) electrons. The van der Waals surface area contributed by atoms with E-state index >= 15 is 0 Å². The maximum Gasteiger partial charge on any atom is 0.511 e. The van der Waals surface area contributed by atoms with Gasteiger partial charge < -0.3 is 72.4 Å². The Balaban J connectivity index is 0.000000243. The molecule has 458 valence electrons. The highest BCUT2D eigenvalue weighted by Crippen LogP contribution is 2.48. The number of rotatable bonds is 14. The normalized spacial score (nSPS) is 22.4. The molecule has 2 N–H and O–H groups in total. The molecule has 2 spiro atoms. The summed E-state index contributed by atoms with van der Waals surface area (Å²) in [7, 11) is 1.46. The zero-order chi connectivity index (χ0) is 61.1. The first-order valence-electron chi connectivity index (χ1n) is 27.1. The average Bonchev–Trinajstić information content (AvgIpc) is 1.74. The molecule has 4 amide bonds. The van der Waals surface area contributed by atoms with Crippen molar-refractivity contribution in [2.45, 2.75) is 122 Å². The van der Waals surface area contributed by atoms with Crippen LogP contribution in [-0.2, 0) is 46.4 Å². The van der Waals surface area contributed by atoms with Crippen molar-refractivity contribution in [3.8, 4) is 11.5 Å². The minimum absolute atomic E-state index is 0. The number of carbonyl (C=O) groups excluding carboxylic acids is 6. The topological polar surface area (TPSA) is 285 Å². The van der Waals surface area contributed by atoms with Gasteiger partial charge in [0.25, 0.3) is 23.6 Å². The van der Waals surface area contributed by atoms with Gasteiger partial charge in [-0.3, -0.25) is 28.8 Å². The second-order valence-corrected chi connectivity index (χ2v) is 20.8. The maximum atomic E-state index is 14.2. The number of nitrogens with zero attached hydrogens (tertiary/aromatic N) is 6. The molecule has 4 bridgehead atoms. The van der Waals surface area contributed by atoms with Crippen LogP contribution in [0.2, 0.25) is 0 Å². The van der Waals surface area contributed by atoms with Crippen LogP contribution in [0, 0.1) is 23.3 Å². The number of methoxy groups -OCH3 is 1. The quantitative estimate of drug-likeness (QED) is 0.0760. The van der Waals surface area contributed by atoms with Crippen molar-refractivity contribution in [1.29, 1.82) is 0 Å². The van der Waals surface area contributed by atoms with Crippen LogP contribution in [0.1, 0.15) is 141 Å². The summed E-state index contributed by atoms with van der Waals surface area (Å²) in [5.74, 6) is -6.83. The molecule has 6 aliphatic heterocycles. The molecule has 29 heteroatoms. The minimum atomic E-state index is -1.06. The number of aromatic nitrogens is 2. The van der Waals surface area contributed by atoms with Crippen LogP contribution in [0.4, 0.5) is 27.2 Å². The van der Waals surface area contributed by atoms with Crippen molar-refractivity contribution < 1.29 is 92.0 Å². The summed E-state index contributed by atoms with van der Waals surface area (Å²) in [6, 6.07) is 4.13. The molecule has 2 saturated heterocycles. The number of nitrogens with one attached hydrogen (secondary N) is 2. The standard InChI is InChI=1S/C28H30F2N4O9.C28H30F2N4O8.2H2/c1-4-40-27(38)42-14-41-24-22-26(37)33-13-20(28(8-7-15(33)2)10-21(39-3)32-43-28)34(22)12-18(23(24)35)25(36)31-11-16-5-6-17(29)9-19(16)30;1-4-39-27(38)41-14-40-24-22-26(37)33-13-21(28(8-7-16(33)3)10-15(2)32-42-28)34(22)12-19(23(24)35)25(36)31-11-17-5-6-18(29)9-20(17)30;;/h5-6,9,12,15,20H,4,7-8,10-11,13-14H2,1-3H3,(H,31,36);5-6,9,12,16,21H,4,7-8,10-11,13-14H2,1-3H3,(H,31,36);2*1H/t15-,20+,28-;16-,21+,28-;;/m00../s1. The van der Waals surface area contributed by atoms with Crippen LogP contribution in [0.5, 0.6) is 11.5 Å². The average molecular weight is 1200 g/mol. The summed E-state index contributed by atoms with van der Waals surface area (Å²) >= 11 is 0. The first kappa shape index (κ1) is 60.4. The highest BCUT2D eigenvalue weighted by Gasteiger charge is 2.56. The van der Waals surface area contributed by atoms with E-state index in [0.717, 1.165) is 17.8 Å². The largest absolute Gasteiger partial charge is 0.511 e. The molecule has 6 aliphatic rings. The van der Waals surface area contributed by atoms with Crippen molar-refractivity contribution in [3.63, 3.8) is 0 Å². The Kier molecular flexibility index (Phi) is 17.7. The van der Waals surface area contributed by atoms with Gasteiger partial charge in [0.15, 0.2) is 22.6 Å². The first-order valence-corrected chi connectivity index (χ1v) is 27.1. The fraction of sp³-hybridized carbons (Fsp3) is 0.464. The Morgan fingerprint density at radius 3 is 1.48 bits per heavy atom. The van der Waals surface area contributed by atoms with Gasteiger partial charge in [0, 0.05) is 83.2 Å². The van der Waals surface area contributed by atoms with E-state index in [0.29, 0.717) is 50.1 Å². The first-order chi connectivity index (χ1) is 40.6. The highest BCUT2D eigenvalue weighted by molar-refractivity contribution is 6.01. The maximum absolute atomic E-state index is 14.2. The van der Waals surface area contributed by atoms with Gasteiger partial charge in [0.05, 0.1) is 44.5 Å². The molecule has 6 atom stereocenters. The molecule has 0 saturated carbocycles. The minimum Gasteiger partial charge on any atom is -0.482 e. The molecule has 2 aromatic carbocycles. The summed E-state index contributed by atoms with van der Waals surface area (Å²) in [6.45, 7) is 6.93. The number of fused-ring (bicyclic) bond motifs is 10. The molecule has 8 heterocycles. The number of hydrogen-bond acceptors (Lipinski definition) is 19. The van der Waals surface area contributed by atoms with Crippen LogP contribution in [0.15, 0.2) is 68.7 Å². The number of hydrogen-bond donors (Lipinski definition) is 2. The Bertz CT molecular complexity index is 3540. The van der Waals surface area contributed by atoms with Gasteiger partial charge in [-0.25, -0.2) is 27.2 Å². The van der Waals surface area contributed by atoms with Crippen LogP contribution < -0.4 is 31.0 Å². The molecule has 85 heavy (non-hydrogen) atoms. The fourth-order valence-corrected chi connectivity index (χ4v) is 11.2. The molecule has 2 aromatic heterocycles. The predicted octanol–water partition coefficient (Wildman–Crippen LogP) is 6.64. The third kappa shape index (κ3) is 12.1. The second-order valence-electron chi connectivity index (χ2n) is 20.8. The van der Waals surface area contributed by atoms with E-state index in [-0.39, 0.29) is 83.3 Å². The third-order valence-electron chi connectivity index (χ3n) is 15.6. The van der Waals surface area contributed by atoms with Gasteiger partial charge in [-0.15, -0.1) is 0 Å². The van der Waals surface area contributed by atoms with E-state index < -0.39 is 130 Å².